The van der Waals surface area contributed by atoms with E-state index >= 15 is 0 Å². The number of morpholine rings is 1. The molecule has 1 aromatic carbocycles. The lowest BCUT2D eigenvalue weighted by Gasteiger charge is -2.33. The van der Waals surface area contributed by atoms with Crippen molar-refractivity contribution in [3.63, 3.8) is 0 Å². The van der Waals surface area contributed by atoms with Crippen molar-refractivity contribution >= 4 is 0 Å². The highest BCUT2D eigenvalue weighted by Crippen LogP contribution is 2.26. The van der Waals surface area contributed by atoms with E-state index in [1.165, 1.54) is 6.07 Å². The molecule has 0 aliphatic carbocycles. The van der Waals surface area contributed by atoms with Gasteiger partial charge in [-0.15, -0.1) is 0 Å². The van der Waals surface area contributed by atoms with Crippen LogP contribution in [0.25, 0.3) is 0 Å². The third-order valence-corrected chi connectivity index (χ3v) is 3.84. The number of hydrogen-bond donors (Lipinski definition) is 0. The van der Waals surface area contributed by atoms with Crippen molar-refractivity contribution in [1.29, 1.82) is 0 Å². The Morgan fingerprint density at radius 3 is 2.92 bits per heavy atom. The summed E-state index contributed by atoms with van der Waals surface area (Å²) in [6.07, 6.45) is -0.182. The highest BCUT2D eigenvalue weighted by atomic mass is 19.3. The van der Waals surface area contributed by atoms with Gasteiger partial charge in [-0.1, -0.05) is 12.1 Å². The average Bonchev–Trinajstić information content (AvgIpc) is 2.57. The molecule has 7 heteroatoms. The molecule has 0 amide bonds. The van der Waals surface area contributed by atoms with Gasteiger partial charge in [0.1, 0.15) is 5.75 Å². The van der Waals surface area contributed by atoms with E-state index < -0.39 is 6.61 Å². The van der Waals surface area contributed by atoms with Crippen LogP contribution < -0.4 is 4.74 Å². The molecule has 0 bridgehead atoms. The molecular weight excluding hydrogens is 316 g/mol. The van der Waals surface area contributed by atoms with Crippen LogP contribution in [0.2, 0.25) is 0 Å². The van der Waals surface area contributed by atoms with Crippen molar-refractivity contribution in [3.8, 4) is 5.75 Å². The van der Waals surface area contributed by atoms with Crippen LogP contribution in [0.15, 0.2) is 36.4 Å². The van der Waals surface area contributed by atoms with Crippen LogP contribution in [0.4, 0.5) is 8.78 Å². The average molecular weight is 335 g/mol. The fraction of sp³-hybridized carbons (Fsp3) is 0.412. The maximum Gasteiger partial charge on any atom is 0.387 e. The van der Waals surface area contributed by atoms with Crippen LogP contribution in [-0.2, 0) is 11.3 Å². The van der Waals surface area contributed by atoms with Gasteiger partial charge < -0.3 is 9.47 Å². The second kappa shape index (κ2) is 7.63. The quantitative estimate of drug-likeness (QED) is 0.841. The standard InChI is InChI=1S/C17H19F2N3O2/c1-12-5-6-14(21-20-12)10-22-7-8-23-16(11-22)13-3-2-4-15(9-13)24-17(18)19/h2-6,9,16-17H,7-8,10-11H2,1H3. The van der Waals surface area contributed by atoms with Crippen molar-refractivity contribution in [3.05, 3.63) is 53.3 Å². The minimum absolute atomic E-state index is 0.146. The Morgan fingerprint density at radius 1 is 1.29 bits per heavy atom. The van der Waals surface area contributed by atoms with Gasteiger partial charge >= 0.3 is 6.61 Å². The van der Waals surface area contributed by atoms with E-state index in [1.807, 2.05) is 25.1 Å². The summed E-state index contributed by atoms with van der Waals surface area (Å²) in [5.74, 6) is 0.146. The maximum atomic E-state index is 12.4. The predicted octanol–water partition coefficient (Wildman–Crippen LogP) is 2.96. The molecule has 0 spiro atoms. The van der Waals surface area contributed by atoms with Crippen LogP contribution >= 0.6 is 0 Å². The first-order chi connectivity index (χ1) is 11.6. The minimum atomic E-state index is -2.83. The van der Waals surface area contributed by atoms with Gasteiger partial charge in [-0.05, 0) is 36.8 Å². The second-order valence-corrected chi connectivity index (χ2v) is 5.71. The van der Waals surface area contributed by atoms with Gasteiger partial charge in [-0.25, -0.2) is 0 Å². The summed E-state index contributed by atoms with van der Waals surface area (Å²) in [6.45, 7) is 1.77. The zero-order valence-electron chi connectivity index (χ0n) is 13.4. The van der Waals surface area contributed by atoms with E-state index in [2.05, 4.69) is 19.8 Å². The number of alkyl halides is 2. The van der Waals surface area contributed by atoms with Gasteiger partial charge in [-0.3, -0.25) is 4.90 Å². The Labute approximate surface area is 139 Å². The summed E-state index contributed by atoms with van der Waals surface area (Å²) >= 11 is 0. The Bertz CT molecular complexity index is 667. The Morgan fingerprint density at radius 2 is 2.17 bits per heavy atom. The molecule has 1 unspecified atom stereocenters. The summed E-state index contributed by atoms with van der Waals surface area (Å²) in [5, 5.41) is 8.25. The smallest absolute Gasteiger partial charge is 0.387 e. The van der Waals surface area contributed by atoms with Gasteiger partial charge in [0, 0.05) is 19.6 Å². The molecular formula is C17H19F2N3O2. The molecule has 1 aliphatic rings. The van der Waals surface area contributed by atoms with Crippen molar-refractivity contribution in [2.45, 2.75) is 26.2 Å². The van der Waals surface area contributed by atoms with E-state index in [4.69, 9.17) is 4.74 Å². The van der Waals surface area contributed by atoms with Gasteiger partial charge in [0.25, 0.3) is 0 Å². The van der Waals surface area contributed by atoms with E-state index in [9.17, 15) is 8.78 Å². The van der Waals surface area contributed by atoms with E-state index in [-0.39, 0.29) is 11.9 Å². The maximum absolute atomic E-state index is 12.4. The first-order valence-corrected chi connectivity index (χ1v) is 7.78. The number of benzene rings is 1. The Balaban J connectivity index is 1.65. The normalized spacial score (nSPS) is 18.8. The van der Waals surface area contributed by atoms with Crippen LogP contribution in [0, 0.1) is 6.92 Å². The number of halogens is 2. The fourth-order valence-corrected chi connectivity index (χ4v) is 2.68. The lowest BCUT2D eigenvalue weighted by Crippen LogP contribution is -2.38. The number of hydrogen-bond acceptors (Lipinski definition) is 5. The zero-order valence-corrected chi connectivity index (χ0v) is 13.4. The number of aryl methyl sites for hydroxylation is 1. The highest BCUT2D eigenvalue weighted by Gasteiger charge is 2.23. The van der Waals surface area contributed by atoms with Crippen LogP contribution in [-0.4, -0.2) is 41.4 Å². The first kappa shape index (κ1) is 16.7. The molecule has 2 heterocycles. The Kier molecular flexibility index (Phi) is 5.32. The lowest BCUT2D eigenvalue weighted by molar-refractivity contribution is -0.0509. The Hall–Kier alpha value is -2.12. The van der Waals surface area contributed by atoms with Crippen LogP contribution in [0.5, 0.6) is 5.75 Å². The summed E-state index contributed by atoms with van der Waals surface area (Å²) in [4.78, 5) is 2.22. The van der Waals surface area contributed by atoms with E-state index in [1.54, 1.807) is 12.1 Å². The van der Waals surface area contributed by atoms with E-state index in [0.29, 0.717) is 19.7 Å². The molecule has 1 saturated heterocycles. The molecule has 1 aliphatic heterocycles. The van der Waals surface area contributed by atoms with Crippen molar-refractivity contribution < 1.29 is 18.3 Å². The first-order valence-electron chi connectivity index (χ1n) is 7.78. The van der Waals surface area contributed by atoms with Crippen molar-refractivity contribution in [1.82, 2.24) is 15.1 Å². The topological polar surface area (TPSA) is 47.5 Å². The molecule has 5 nitrogen and oxygen atoms in total. The van der Waals surface area contributed by atoms with Gasteiger partial charge in [0.05, 0.1) is 24.1 Å². The molecule has 0 saturated carbocycles. The number of aromatic nitrogens is 2. The third kappa shape index (κ3) is 4.46. The van der Waals surface area contributed by atoms with Gasteiger partial charge in [0.2, 0.25) is 0 Å². The molecule has 0 radical (unpaired) electrons. The molecule has 0 N–H and O–H groups in total. The second-order valence-electron chi connectivity index (χ2n) is 5.71. The van der Waals surface area contributed by atoms with Gasteiger partial charge in [0.15, 0.2) is 0 Å². The van der Waals surface area contributed by atoms with Crippen LogP contribution in [0.1, 0.15) is 23.1 Å². The van der Waals surface area contributed by atoms with Crippen molar-refractivity contribution in [2.24, 2.45) is 0 Å². The SMILES string of the molecule is Cc1ccc(CN2CCOC(c3cccc(OC(F)F)c3)C2)nn1. The minimum Gasteiger partial charge on any atom is -0.435 e. The lowest BCUT2D eigenvalue weighted by atomic mass is 10.1. The molecule has 1 atom stereocenters. The summed E-state index contributed by atoms with van der Waals surface area (Å²) < 4.78 is 35.0. The van der Waals surface area contributed by atoms with Gasteiger partial charge in [-0.2, -0.15) is 19.0 Å². The third-order valence-electron chi connectivity index (χ3n) is 3.84. The highest BCUT2D eigenvalue weighted by molar-refractivity contribution is 5.30. The number of nitrogens with zero attached hydrogens (tertiary/aromatic N) is 3. The molecule has 1 aromatic heterocycles. The van der Waals surface area contributed by atoms with Crippen molar-refractivity contribution in [2.75, 3.05) is 19.7 Å². The van der Waals surface area contributed by atoms with E-state index in [0.717, 1.165) is 23.5 Å². The summed E-state index contributed by atoms with van der Waals surface area (Å²) in [5.41, 5.74) is 2.61. The molecule has 24 heavy (non-hydrogen) atoms. The zero-order chi connectivity index (χ0) is 16.9. The number of rotatable bonds is 5. The van der Waals surface area contributed by atoms with Crippen LogP contribution in [0.3, 0.4) is 0 Å². The fourth-order valence-electron chi connectivity index (χ4n) is 2.68. The molecule has 3 rings (SSSR count). The monoisotopic (exact) mass is 335 g/mol. The number of ether oxygens (including phenoxy) is 2. The molecule has 2 aromatic rings. The molecule has 128 valence electrons. The summed E-state index contributed by atoms with van der Waals surface area (Å²) in [6, 6.07) is 10.6. The largest absolute Gasteiger partial charge is 0.435 e. The summed E-state index contributed by atoms with van der Waals surface area (Å²) in [7, 11) is 0. The predicted molar refractivity (Wildman–Crippen MR) is 83.8 cm³/mol. The molecule has 1 fully saturated rings.